The minimum absolute atomic E-state index is 0.0326. The molecule has 0 saturated heterocycles. The van der Waals surface area contributed by atoms with E-state index >= 15 is 0 Å². The van der Waals surface area contributed by atoms with Gasteiger partial charge >= 0.3 is 5.97 Å². The second-order valence-electron chi connectivity index (χ2n) is 5.58. The monoisotopic (exact) mass is 387 g/mol. The standard InChI is InChI=1S/C18H17N3O3S2/c1-21(9-13-5-7-25-11-13)16(22)10-24-17(23)8-14-12-26-18(20-14)15-4-2-3-6-19-15/h2-7,11-12H,8-10H2,1H3. The molecular weight excluding hydrogens is 370 g/mol. The van der Waals surface area contributed by atoms with Crippen LogP contribution >= 0.6 is 22.7 Å². The second kappa shape index (κ2) is 8.68. The molecule has 0 aliphatic heterocycles. The molecule has 0 aliphatic carbocycles. The number of rotatable bonds is 7. The maximum Gasteiger partial charge on any atom is 0.312 e. The molecule has 0 spiro atoms. The lowest BCUT2D eigenvalue weighted by Gasteiger charge is -2.16. The molecule has 0 fully saturated rings. The molecule has 0 unspecified atom stereocenters. The second-order valence-corrected chi connectivity index (χ2v) is 7.22. The van der Waals surface area contributed by atoms with E-state index in [2.05, 4.69) is 9.97 Å². The van der Waals surface area contributed by atoms with E-state index in [9.17, 15) is 9.59 Å². The largest absolute Gasteiger partial charge is 0.455 e. The lowest BCUT2D eigenvalue weighted by atomic mass is 10.3. The zero-order valence-electron chi connectivity index (χ0n) is 14.1. The predicted molar refractivity (Wildman–Crippen MR) is 101 cm³/mol. The predicted octanol–water partition coefficient (Wildman–Crippen LogP) is 3.01. The van der Waals surface area contributed by atoms with Crippen molar-refractivity contribution >= 4 is 34.6 Å². The minimum Gasteiger partial charge on any atom is -0.455 e. The van der Waals surface area contributed by atoms with Gasteiger partial charge in [0, 0.05) is 25.2 Å². The van der Waals surface area contributed by atoms with Crippen LogP contribution in [0.25, 0.3) is 10.7 Å². The van der Waals surface area contributed by atoms with Crippen molar-refractivity contribution in [2.45, 2.75) is 13.0 Å². The number of nitrogens with zero attached hydrogens (tertiary/aromatic N) is 3. The fraction of sp³-hybridized carbons (Fsp3) is 0.222. The van der Waals surface area contributed by atoms with Crippen LogP contribution in [-0.4, -0.2) is 40.4 Å². The molecule has 0 N–H and O–H groups in total. The molecule has 8 heteroatoms. The molecule has 0 aliphatic rings. The molecule has 3 rings (SSSR count). The topological polar surface area (TPSA) is 72.4 Å². The van der Waals surface area contributed by atoms with Crippen molar-refractivity contribution in [1.29, 1.82) is 0 Å². The maximum atomic E-state index is 12.0. The van der Waals surface area contributed by atoms with Gasteiger partial charge in [-0.05, 0) is 34.5 Å². The number of likely N-dealkylation sites (N-methyl/N-ethyl adjacent to an activating group) is 1. The van der Waals surface area contributed by atoms with Crippen LogP contribution in [0, 0.1) is 0 Å². The van der Waals surface area contributed by atoms with Gasteiger partial charge in [-0.2, -0.15) is 11.3 Å². The van der Waals surface area contributed by atoms with Gasteiger partial charge in [0.1, 0.15) is 5.01 Å². The number of pyridine rings is 1. The number of esters is 1. The highest BCUT2D eigenvalue weighted by Crippen LogP contribution is 2.21. The number of aromatic nitrogens is 2. The summed E-state index contributed by atoms with van der Waals surface area (Å²) in [5.41, 5.74) is 2.43. The fourth-order valence-corrected chi connectivity index (χ4v) is 3.65. The fourth-order valence-electron chi connectivity index (χ4n) is 2.19. The smallest absolute Gasteiger partial charge is 0.312 e. The number of carbonyl (C=O) groups is 2. The Morgan fingerprint density at radius 3 is 2.85 bits per heavy atom. The first-order valence-corrected chi connectivity index (χ1v) is 9.70. The quantitative estimate of drug-likeness (QED) is 0.583. The maximum absolute atomic E-state index is 12.0. The highest BCUT2D eigenvalue weighted by molar-refractivity contribution is 7.13. The van der Waals surface area contributed by atoms with Gasteiger partial charge in [-0.1, -0.05) is 6.07 Å². The number of carbonyl (C=O) groups excluding carboxylic acids is 2. The van der Waals surface area contributed by atoms with Crippen LogP contribution in [0.15, 0.2) is 46.6 Å². The Morgan fingerprint density at radius 1 is 1.23 bits per heavy atom. The van der Waals surface area contributed by atoms with E-state index in [4.69, 9.17) is 4.74 Å². The van der Waals surface area contributed by atoms with Gasteiger partial charge < -0.3 is 9.64 Å². The minimum atomic E-state index is -0.472. The lowest BCUT2D eigenvalue weighted by Crippen LogP contribution is -2.30. The molecular formula is C18H17N3O3S2. The molecule has 0 saturated carbocycles. The number of ether oxygens (including phenoxy) is 1. The molecule has 3 aromatic heterocycles. The van der Waals surface area contributed by atoms with Crippen molar-refractivity contribution in [1.82, 2.24) is 14.9 Å². The SMILES string of the molecule is CN(Cc1ccsc1)C(=O)COC(=O)Cc1csc(-c2ccccn2)n1. The summed E-state index contributed by atoms with van der Waals surface area (Å²) in [6, 6.07) is 7.54. The molecule has 3 heterocycles. The molecule has 134 valence electrons. The Morgan fingerprint density at radius 2 is 2.12 bits per heavy atom. The van der Waals surface area contributed by atoms with E-state index in [0.717, 1.165) is 16.3 Å². The average molecular weight is 387 g/mol. The van der Waals surface area contributed by atoms with Gasteiger partial charge in [0.2, 0.25) is 0 Å². The molecule has 6 nitrogen and oxygen atoms in total. The van der Waals surface area contributed by atoms with Crippen molar-refractivity contribution in [3.05, 3.63) is 57.9 Å². The number of hydrogen-bond acceptors (Lipinski definition) is 7. The summed E-state index contributed by atoms with van der Waals surface area (Å²) in [6.45, 7) is 0.232. The van der Waals surface area contributed by atoms with E-state index in [0.29, 0.717) is 12.2 Å². The van der Waals surface area contributed by atoms with Crippen molar-refractivity contribution in [2.24, 2.45) is 0 Å². The van der Waals surface area contributed by atoms with Crippen molar-refractivity contribution in [3.8, 4) is 10.7 Å². The number of hydrogen-bond donors (Lipinski definition) is 0. The summed E-state index contributed by atoms with van der Waals surface area (Å²) in [7, 11) is 1.69. The van der Waals surface area contributed by atoms with Crippen LogP contribution in [0.5, 0.6) is 0 Å². The van der Waals surface area contributed by atoms with E-state index in [1.165, 1.54) is 16.2 Å². The zero-order chi connectivity index (χ0) is 18.4. The highest BCUT2D eigenvalue weighted by Gasteiger charge is 2.15. The van der Waals surface area contributed by atoms with Crippen LogP contribution in [0.3, 0.4) is 0 Å². The van der Waals surface area contributed by atoms with Crippen LogP contribution < -0.4 is 0 Å². The molecule has 0 bridgehead atoms. The van der Waals surface area contributed by atoms with Crippen LogP contribution in [0.2, 0.25) is 0 Å². The third kappa shape index (κ3) is 4.96. The Labute approximate surface area is 159 Å². The molecule has 0 aromatic carbocycles. The zero-order valence-corrected chi connectivity index (χ0v) is 15.8. The summed E-state index contributed by atoms with van der Waals surface area (Å²) >= 11 is 3.00. The highest BCUT2D eigenvalue weighted by atomic mass is 32.1. The van der Waals surface area contributed by atoms with Gasteiger partial charge in [-0.3, -0.25) is 14.6 Å². The number of thiophene rings is 1. The van der Waals surface area contributed by atoms with E-state index in [1.807, 2.05) is 35.0 Å². The first-order chi connectivity index (χ1) is 12.6. The number of thiazole rings is 1. The Bertz CT molecular complexity index is 863. The summed E-state index contributed by atoms with van der Waals surface area (Å²) in [4.78, 5) is 34.2. The molecule has 26 heavy (non-hydrogen) atoms. The Balaban J connectivity index is 1.47. The van der Waals surface area contributed by atoms with Crippen LogP contribution in [-0.2, 0) is 27.3 Å². The van der Waals surface area contributed by atoms with Crippen LogP contribution in [0.1, 0.15) is 11.3 Å². The normalized spacial score (nSPS) is 10.5. The van der Waals surface area contributed by atoms with Crippen molar-refractivity contribution in [3.63, 3.8) is 0 Å². The van der Waals surface area contributed by atoms with Gasteiger partial charge in [-0.15, -0.1) is 11.3 Å². The molecule has 0 radical (unpaired) electrons. The first-order valence-electron chi connectivity index (χ1n) is 7.88. The van der Waals surface area contributed by atoms with Gasteiger partial charge in [0.15, 0.2) is 6.61 Å². The summed E-state index contributed by atoms with van der Waals surface area (Å²) in [6.07, 6.45) is 1.73. The first kappa shape index (κ1) is 18.2. The van der Waals surface area contributed by atoms with Crippen molar-refractivity contribution in [2.75, 3.05) is 13.7 Å². The average Bonchev–Trinajstić information content (AvgIpc) is 3.32. The van der Waals surface area contributed by atoms with Gasteiger partial charge in [0.25, 0.3) is 5.91 Å². The van der Waals surface area contributed by atoms with Gasteiger partial charge in [0.05, 0.1) is 17.8 Å². The Kier molecular flexibility index (Phi) is 6.08. The summed E-state index contributed by atoms with van der Waals surface area (Å²) < 4.78 is 5.08. The molecule has 0 atom stereocenters. The summed E-state index contributed by atoms with van der Waals surface area (Å²) in [5.74, 6) is -0.711. The lowest BCUT2D eigenvalue weighted by molar-refractivity contribution is -0.151. The summed E-state index contributed by atoms with van der Waals surface area (Å²) in [5, 5.41) is 6.49. The van der Waals surface area contributed by atoms with Gasteiger partial charge in [-0.25, -0.2) is 4.98 Å². The third-order valence-corrected chi connectivity index (χ3v) is 5.19. The van der Waals surface area contributed by atoms with Crippen LogP contribution in [0.4, 0.5) is 0 Å². The van der Waals surface area contributed by atoms with Crippen molar-refractivity contribution < 1.29 is 14.3 Å². The van der Waals surface area contributed by atoms with E-state index in [-0.39, 0.29) is 18.9 Å². The molecule has 1 amide bonds. The third-order valence-electron chi connectivity index (χ3n) is 3.54. The molecule has 3 aromatic rings. The number of amides is 1. The van der Waals surface area contributed by atoms with E-state index < -0.39 is 5.97 Å². The van der Waals surface area contributed by atoms with E-state index in [1.54, 1.807) is 30.0 Å². The Hall–Kier alpha value is -2.58.